The smallest absolute Gasteiger partial charge is 0.227 e. The molecule has 9 heteroatoms. The monoisotopic (exact) mass is 431 g/mol. The standard InChI is InChI=1S/C21H30ClN7O/c1-11(2)17-19-18(28-27-17)20(24-10-14-15(22)7-6-8-16(14)23)26-21(25-9-13(5)30)29(19)12(3)4/h6-8,11-13,30H,9-10,23H2,1-5H3,(H,27,28)(H,24,25,26). The van der Waals surface area contributed by atoms with Gasteiger partial charge in [0.1, 0.15) is 0 Å². The van der Waals surface area contributed by atoms with Crippen LogP contribution < -0.4 is 16.7 Å². The molecule has 1 atom stereocenters. The molecular formula is C21H30ClN7O. The lowest BCUT2D eigenvalue weighted by Crippen LogP contribution is -2.29. The molecule has 30 heavy (non-hydrogen) atoms. The third kappa shape index (κ3) is 4.44. The second-order valence-corrected chi connectivity index (χ2v) is 8.47. The summed E-state index contributed by atoms with van der Waals surface area (Å²) in [4.78, 5) is 9.33. The summed E-state index contributed by atoms with van der Waals surface area (Å²) in [5, 5.41) is 21.4. The number of halogens is 1. The average molecular weight is 432 g/mol. The quantitative estimate of drug-likeness (QED) is 0.426. The maximum atomic E-state index is 9.75. The zero-order chi connectivity index (χ0) is 22.0. The molecule has 0 radical (unpaired) electrons. The molecule has 3 aromatic rings. The fourth-order valence-electron chi connectivity index (χ4n) is 3.34. The molecule has 3 rings (SSSR count). The van der Waals surface area contributed by atoms with E-state index in [0.717, 1.165) is 22.3 Å². The summed E-state index contributed by atoms with van der Waals surface area (Å²) in [6, 6.07) is 5.56. The van der Waals surface area contributed by atoms with E-state index < -0.39 is 6.10 Å². The number of rotatable bonds is 7. The second-order valence-electron chi connectivity index (χ2n) is 8.06. The average Bonchev–Trinajstić information content (AvgIpc) is 3.10. The van der Waals surface area contributed by atoms with Crippen LogP contribution in [0.15, 0.2) is 23.2 Å². The van der Waals surface area contributed by atoms with Gasteiger partial charge < -0.3 is 20.7 Å². The SMILES string of the molecule is CC(O)CN=c1nc(NCc2c(N)cccc2Cl)c2n[nH]c(C(C)C)c2n1C(C)C. The first-order valence-corrected chi connectivity index (χ1v) is 10.5. The molecule has 162 valence electrons. The summed E-state index contributed by atoms with van der Waals surface area (Å²) in [6.07, 6.45) is -0.559. The highest BCUT2D eigenvalue weighted by Crippen LogP contribution is 2.28. The first-order chi connectivity index (χ1) is 14.2. The number of aliphatic hydroxyl groups is 1. The number of nitrogens with one attached hydrogen (secondary N) is 2. The summed E-state index contributed by atoms with van der Waals surface area (Å²) in [6.45, 7) is 10.8. The summed E-state index contributed by atoms with van der Waals surface area (Å²) in [5.74, 6) is 0.827. The maximum Gasteiger partial charge on any atom is 0.227 e. The lowest BCUT2D eigenvalue weighted by Gasteiger charge is -2.18. The van der Waals surface area contributed by atoms with Crippen LogP contribution in [-0.4, -0.2) is 37.5 Å². The van der Waals surface area contributed by atoms with Crippen LogP contribution in [0.4, 0.5) is 11.5 Å². The van der Waals surface area contributed by atoms with Crippen molar-refractivity contribution < 1.29 is 5.11 Å². The molecule has 0 saturated carbocycles. The van der Waals surface area contributed by atoms with Gasteiger partial charge in [0.15, 0.2) is 11.3 Å². The molecular weight excluding hydrogens is 402 g/mol. The minimum absolute atomic E-state index is 0.108. The predicted molar refractivity (Wildman–Crippen MR) is 122 cm³/mol. The molecule has 0 spiro atoms. The summed E-state index contributed by atoms with van der Waals surface area (Å²) >= 11 is 6.33. The number of aromatic amines is 1. The fraction of sp³-hybridized carbons (Fsp3) is 0.476. The van der Waals surface area contributed by atoms with Gasteiger partial charge >= 0.3 is 0 Å². The van der Waals surface area contributed by atoms with Crippen molar-refractivity contribution in [3.63, 3.8) is 0 Å². The molecule has 1 aromatic carbocycles. The summed E-state index contributed by atoms with van der Waals surface area (Å²) in [7, 11) is 0. The molecule has 1 unspecified atom stereocenters. The van der Waals surface area contributed by atoms with Crippen molar-refractivity contribution in [2.75, 3.05) is 17.6 Å². The number of nitrogens with two attached hydrogens (primary N) is 1. The van der Waals surface area contributed by atoms with Crippen molar-refractivity contribution in [1.82, 2.24) is 19.7 Å². The highest BCUT2D eigenvalue weighted by atomic mass is 35.5. The Kier molecular flexibility index (Phi) is 6.67. The molecule has 0 amide bonds. The van der Waals surface area contributed by atoms with Gasteiger partial charge in [-0.25, -0.2) is 4.99 Å². The Labute approximate surface area is 181 Å². The van der Waals surface area contributed by atoms with E-state index in [-0.39, 0.29) is 18.5 Å². The normalized spacial score (nSPS) is 13.6. The van der Waals surface area contributed by atoms with Crippen LogP contribution in [0.2, 0.25) is 5.02 Å². The Morgan fingerprint density at radius 3 is 2.60 bits per heavy atom. The first-order valence-electron chi connectivity index (χ1n) is 10.2. The number of benzene rings is 1. The van der Waals surface area contributed by atoms with Gasteiger partial charge in [0.05, 0.1) is 23.9 Å². The van der Waals surface area contributed by atoms with Crippen molar-refractivity contribution in [3.8, 4) is 0 Å². The van der Waals surface area contributed by atoms with Crippen molar-refractivity contribution in [2.24, 2.45) is 4.99 Å². The Bertz CT molecular complexity index is 1080. The van der Waals surface area contributed by atoms with E-state index in [0.29, 0.717) is 28.7 Å². The number of aliphatic hydroxyl groups excluding tert-OH is 1. The molecule has 2 heterocycles. The van der Waals surface area contributed by atoms with Crippen LogP contribution in [0.25, 0.3) is 11.0 Å². The zero-order valence-electron chi connectivity index (χ0n) is 18.1. The van der Waals surface area contributed by atoms with E-state index in [2.05, 4.69) is 52.8 Å². The number of nitrogens with zero attached hydrogens (tertiary/aromatic N) is 4. The van der Waals surface area contributed by atoms with Crippen LogP contribution in [-0.2, 0) is 6.54 Å². The van der Waals surface area contributed by atoms with Crippen molar-refractivity contribution >= 4 is 34.1 Å². The number of anilines is 2. The van der Waals surface area contributed by atoms with Gasteiger partial charge in [-0.2, -0.15) is 10.1 Å². The molecule has 0 aliphatic rings. The van der Waals surface area contributed by atoms with Crippen LogP contribution in [0.5, 0.6) is 0 Å². The molecule has 0 aliphatic carbocycles. The molecule has 0 saturated heterocycles. The topological polar surface area (TPSA) is 117 Å². The van der Waals surface area contributed by atoms with Gasteiger partial charge in [-0.1, -0.05) is 31.5 Å². The first kappa shape index (κ1) is 22.1. The highest BCUT2D eigenvalue weighted by Gasteiger charge is 2.20. The van der Waals surface area contributed by atoms with Gasteiger partial charge in [0, 0.05) is 28.9 Å². The molecule has 0 bridgehead atoms. The Hall–Kier alpha value is -2.58. The third-order valence-electron chi connectivity index (χ3n) is 4.84. The van der Waals surface area contributed by atoms with Crippen LogP contribution in [0.1, 0.15) is 57.8 Å². The van der Waals surface area contributed by atoms with Gasteiger partial charge in [0.2, 0.25) is 5.62 Å². The number of hydrogen-bond donors (Lipinski definition) is 4. The molecule has 5 N–H and O–H groups in total. The maximum absolute atomic E-state index is 9.75. The zero-order valence-corrected chi connectivity index (χ0v) is 18.8. The molecule has 8 nitrogen and oxygen atoms in total. The lowest BCUT2D eigenvalue weighted by molar-refractivity contribution is 0.202. The van der Waals surface area contributed by atoms with Gasteiger partial charge in [0.25, 0.3) is 0 Å². The largest absolute Gasteiger partial charge is 0.398 e. The van der Waals surface area contributed by atoms with E-state index >= 15 is 0 Å². The summed E-state index contributed by atoms with van der Waals surface area (Å²) < 4.78 is 2.06. The number of nitrogen functional groups attached to an aromatic ring is 1. The fourth-order valence-corrected chi connectivity index (χ4v) is 3.59. The second kappa shape index (κ2) is 9.06. The van der Waals surface area contributed by atoms with E-state index in [9.17, 15) is 5.11 Å². The number of fused-ring (bicyclic) bond motifs is 1. The number of aromatic nitrogens is 4. The van der Waals surface area contributed by atoms with Crippen molar-refractivity contribution in [1.29, 1.82) is 0 Å². The van der Waals surface area contributed by atoms with E-state index in [1.54, 1.807) is 6.92 Å². The van der Waals surface area contributed by atoms with Gasteiger partial charge in [-0.3, -0.25) is 5.10 Å². The van der Waals surface area contributed by atoms with Crippen LogP contribution in [0, 0.1) is 0 Å². The Morgan fingerprint density at radius 2 is 2.00 bits per heavy atom. The van der Waals surface area contributed by atoms with Crippen LogP contribution >= 0.6 is 11.6 Å². The minimum atomic E-state index is -0.559. The van der Waals surface area contributed by atoms with Crippen LogP contribution in [0.3, 0.4) is 0 Å². The number of hydrogen-bond acceptors (Lipinski definition) is 6. The molecule has 0 aliphatic heterocycles. The van der Waals surface area contributed by atoms with Gasteiger partial charge in [-0.05, 0) is 38.8 Å². The molecule has 2 aromatic heterocycles. The predicted octanol–water partition coefficient (Wildman–Crippen LogP) is 3.59. The van der Waals surface area contributed by atoms with Crippen molar-refractivity contribution in [2.45, 2.75) is 59.2 Å². The van der Waals surface area contributed by atoms with Gasteiger partial charge in [-0.15, -0.1) is 0 Å². The molecule has 0 fully saturated rings. The number of H-pyrrole nitrogens is 1. The van der Waals surface area contributed by atoms with E-state index in [1.165, 1.54) is 0 Å². The minimum Gasteiger partial charge on any atom is -0.398 e. The lowest BCUT2D eigenvalue weighted by atomic mass is 10.1. The summed E-state index contributed by atoms with van der Waals surface area (Å²) in [5.41, 5.74) is 10.7. The third-order valence-corrected chi connectivity index (χ3v) is 5.19. The Morgan fingerprint density at radius 1 is 1.27 bits per heavy atom. The van der Waals surface area contributed by atoms with E-state index in [4.69, 9.17) is 22.3 Å². The highest BCUT2D eigenvalue weighted by molar-refractivity contribution is 6.31. The van der Waals surface area contributed by atoms with E-state index in [1.807, 2.05) is 18.2 Å². The van der Waals surface area contributed by atoms with Crippen molar-refractivity contribution in [3.05, 3.63) is 40.1 Å². The Balaban J connectivity index is 2.19.